The number of carbonyl (C=O) groups is 4. The molecular weight excluding hydrogens is 630 g/mol. The third-order valence-corrected chi connectivity index (χ3v) is 11.4. The van der Waals surface area contributed by atoms with Crippen molar-refractivity contribution in [2.75, 3.05) is 38.5 Å². The van der Waals surface area contributed by atoms with Gasteiger partial charge in [-0.1, -0.05) is 50.3 Å². The van der Waals surface area contributed by atoms with Gasteiger partial charge >= 0.3 is 5.97 Å². The van der Waals surface area contributed by atoms with Crippen LogP contribution in [-0.2, 0) is 20.9 Å². The Morgan fingerprint density at radius 2 is 1.56 bits per heavy atom. The molecule has 10 heteroatoms. The number of aliphatic carboxylic acids is 1. The average molecular weight is 680 g/mol. The number of amides is 3. The number of rotatable bonds is 10. The van der Waals surface area contributed by atoms with E-state index >= 15 is 0 Å². The van der Waals surface area contributed by atoms with E-state index in [1.807, 2.05) is 17.0 Å². The van der Waals surface area contributed by atoms with Crippen LogP contribution in [0.3, 0.4) is 0 Å². The molecule has 3 N–H and O–H groups in total. The lowest BCUT2D eigenvalue weighted by atomic mass is 9.82. The summed E-state index contributed by atoms with van der Waals surface area (Å²) in [4.78, 5) is 56.8. The predicted molar refractivity (Wildman–Crippen MR) is 194 cm³/mol. The smallest absolute Gasteiger partial charge is 0.328 e. The van der Waals surface area contributed by atoms with Crippen molar-refractivity contribution in [3.8, 4) is 0 Å². The number of fused-ring (bicyclic) bond motifs is 1. The van der Waals surface area contributed by atoms with Crippen LogP contribution in [0.5, 0.6) is 0 Å². The van der Waals surface area contributed by atoms with Gasteiger partial charge in [0.1, 0.15) is 12.1 Å². The van der Waals surface area contributed by atoms with Gasteiger partial charge in [0.05, 0.1) is 0 Å². The van der Waals surface area contributed by atoms with Crippen LogP contribution in [0.25, 0.3) is 17.0 Å². The van der Waals surface area contributed by atoms with E-state index in [0.717, 1.165) is 81.7 Å². The second kappa shape index (κ2) is 14.4. The Bertz CT molecular complexity index is 1790. The maximum Gasteiger partial charge on any atom is 0.328 e. The first-order valence-corrected chi connectivity index (χ1v) is 18.5. The van der Waals surface area contributed by atoms with E-state index in [2.05, 4.69) is 33.2 Å². The first-order valence-electron chi connectivity index (χ1n) is 18.5. The van der Waals surface area contributed by atoms with Crippen molar-refractivity contribution in [2.45, 2.75) is 94.5 Å². The molecule has 3 amide bonds. The molecule has 0 atom stereocenters. The second-order valence-electron chi connectivity index (χ2n) is 14.9. The van der Waals surface area contributed by atoms with Crippen molar-refractivity contribution in [3.05, 3.63) is 70.9 Å². The van der Waals surface area contributed by atoms with Crippen molar-refractivity contribution in [2.24, 2.45) is 0 Å². The number of carboxylic acids is 1. The topological polar surface area (TPSA) is 124 Å². The van der Waals surface area contributed by atoms with E-state index in [-0.39, 0.29) is 24.3 Å². The summed E-state index contributed by atoms with van der Waals surface area (Å²) in [6, 6.07) is 12.9. The van der Waals surface area contributed by atoms with Crippen LogP contribution in [0, 0.1) is 0 Å². The summed E-state index contributed by atoms with van der Waals surface area (Å²) >= 11 is 0. The summed E-state index contributed by atoms with van der Waals surface area (Å²) < 4.78 is 2.25. The summed E-state index contributed by atoms with van der Waals surface area (Å²) in [7, 11) is 2.09. The highest BCUT2D eigenvalue weighted by atomic mass is 16.4. The number of hydrogen-bond acceptors (Lipinski definition) is 5. The van der Waals surface area contributed by atoms with Gasteiger partial charge in [0.2, 0.25) is 11.8 Å². The Hall–Kier alpha value is -4.44. The van der Waals surface area contributed by atoms with Gasteiger partial charge in [-0.05, 0) is 98.9 Å². The summed E-state index contributed by atoms with van der Waals surface area (Å²) in [6.07, 6.45) is 13.6. The Morgan fingerprint density at radius 3 is 2.22 bits per heavy atom. The molecule has 4 aliphatic rings. The highest BCUT2D eigenvalue weighted by molar-refractivity contribution is 6.05. The SMILES string of the molecule is CN1CCN(C(=O)Cn2c(C3CC3)c(C3CCCCC3)c3ccc(C(=O)NC4(C(=O)Nc5ccc(C=CC(=O)O)cc5)CCCC4)cc32)CC1. The molecular formula is C40H49N5O5. The van der Waals surface area contributed by atoms with Crippen molar-refractivity contribution < 1.29 is 24.3 Å². The van der Waals surface area contributed by atoms with Crippen LogP contribution in [0.1, 0.15) is 110 Å². The number of nitrogens with zero attached hydrogens (tertiary/aromatic N) is 3. The first kappa shape index (κ1) is 34.0. The van der Waals surface area contributed by atoms with E-state index in [0.29, 0.717) is 41.5 Å². The Labute approximate surface area is 293 Å². The molecule has 0 spiro atoms. The molecule has 2 heterocycles. The summed E-state index contributed by atoms with van der Waals surface area (Å²) in [5, 5.41) is 16.2. The van der Waals surface area contributed by atoms with E-state index in [9.17, 15) is 19.2 Å². The number of nitrogens with one attached hydrogen (secondary N) is 2. The molecule has 3 aromatic rings. The summed E-state index contributed by atoms with van der Waals surface area (Å²) in [5.74, 6) is -0.521. The molecule has 10 nitrogen and oxygen atoms in total. The fourth-order valence-electron chi connectivity index (χ4n) is 8.39. The van der Waals surface area contributed by atoms with Crippen molar-refractivity contribution in [3.63, 3.8) is 0 Å². The zero-order valence-electron chi connectivity index (χ0n) is 29.1. The molecule has 1 saturated heterocycles. The lowest BCUT2D eigenvalue weighted by Gasteiger charge is -2.32. The number of hydrogen-bond donors (Lipinski definition) is 3. The van der Waals surface area contributed by atoms with E-state index < -0.39 is 11.5 Å². The molecule has 2 aromatic carbocycles. The van der Waals surface area contributed by atoms with Crippen LogP contribution < -0.4 is 10.6 Å². The maximum atomic E-state index is 14.1. The summed E-state index contributed by atoms with van der Waals surface area (Å²) in [6.45, 7) is 3.48. The Morgan fingerprint density at radius 1 is 0.860 bits per heavy atom. The molecule has 264 valence electrons. The molecule has 4 fully saturated rings. The third kappa shape index (κ3) is 7.22. The minimum atomic E-state index is -1.04. The van der Waals surface area contributed by atoms with Crippen LogP contribution in [-0.4, -0.2) is 81.9 Å². The van der Waals surface area contributed by atoms with Gasteiger partial charge in [-0.25, -0.2) is 4.79 Å². The highest BCUT2D eigenvalue weighted by Crippen LogP contribution is 2.50. The van der Waals surface area contributed by atoms with Crippen molar-refractivity contribution in [1.82, 2.24) is 19.7 Å². The Kier molecular flexibility index (Phi) is 9.82. The van der Waals surface area contributed by atoms with Crippen LogP contribution in [0.15, 0.2) is 48.5 Å². The van der Waals surface area contributed by atoms with Gasteiger partial charge in [0.15, 0.2) is 0 Å². The van der Waals surface area contributed by atoms with Gasteiger partial charge in [-0.3, -0.25) is 14.4 Å². The van der Waals surface area contributed by atoms with E-state index in [1.54, 1.807) is 24.3 Å². The lowest BCUT2D eigenvalue weighted by Crippen LogP contribution is -2.55. The molecule has 3 saturated carbocycles. The van der Waals surface area contributed by atoms with Crippen LogP contribution in [0.2, 0.25) is 0 Å². The fraction of sp³-hybridized carbons (Fsp3) is 0.500. The van der Waals surface area contributed by atoms with Crippen molar-refractivity contribution in [1.29, 1.82) is 0 Å². The standard InChI is InChI=1S/C40H49N5O5/c1-43-21-23-44(24-22-43)34(46)26-45-33-25-30(14-17-32(33)36(37(45)29-12-13-29)28-7-3-2-4-8-28)38(49)42-40(19-5-6-20-40)39(50)41-31-15-9-27(10-16-31)11-18-35(47)48/h9-11,14-18,25,28-29H,2-8,12-13,19-24,26H2,1H3,(H,41,50)(H,42,49)(H,47,48). The fourth-order valence-corrected chi connectivity index (χ4v) is 8.39. The van der Waals surface area contributed by atoms with Gasteiger partial charge in [-0.2, -0.15) is 0 Å². The van der Waals surface area contributed by atoms with Gasteiger partial charge in [-0.15, -0.1) is 0 Å². The third-order valence-electron chi connectivity index (χ3n) is 11.4. The first-order chi connectivity index (χ1) is 24.2. The minimum Gasteiger partial charge on any atom is -0.478 e. The molecule has 1 aliphatic heterocycles. The van der Waals surface area contributed by atoms with Crippen LogP contribution in [0.4, 0.5) is 5.69 Å². The Balaban J connectivity index is 1.17. The lowest BCUT2D eigenvalue weighted by molar-refractivity contribution is -0.133. The number of likely N-dealkylation sites (N-methyl/N-ethyl adjacent to an activating group) is 1. The van der Waals surface area contributed by atoms with Crippen LogP contribution >= 0.6 is 0 Å². The maximum absolute atomic E-state index is 14.1. The van der Waals surface area contributed by atoms with Gasteiger partial charge in [0, 0.05) is 60.1 Å². The number of anilines is 1. The summed E-state index contributed by atoms with van der Waals surface area (Å²) in [5.41, 5.74) is 4.39. The number of piperazine rings is 1. The van der Waals surface area contributed by atoms with Crippen molar-refractivity contribution >= 4 is 46.4 Å². The molecule has 7 rings (SSSR count). The molecule has 1 aromatic heterocycles. The molecule has 0 unspecified atom stereocenters. The zero-order chi connectivity index (χ0) is 34.8. The highest BCUT2D eigenvalue weighted by Gasteiger charge is 2.43. The number of benzene rings is 2. The normalized spacial score (nSPS) is 20.0. The number of carboxylic acid groups (broad SMARTS) is 1. The van der Waals surface area contributed by atoms with Gasteiger partial charge in [0.25, 0.3) is 5.91 Å². The quantitative estimate of drug-likeness (QED) is 0.222. The second-order valence-corrected chi connectivity index (χ2v) is 14.9. The monoisotopic (exact) mass is 679 g/mol. The molecule has 0 radical (unpaired) electrons. The zero-order valence-corrected chi connectivity index (χ0v) is 29.1. The van der Waals surface area contributed by atoms with Gasteiger partial charge < -0.3 is 30.1 Å². The largest absolute Gasteiger partial charge is 0.478 e. The molecule has 3 aliphatic carbocycles. The number of aromatic nitrogens is 1. The predicted octanol–water partition coefficient (Wildman–Crippen LogP) is 6.12. The minimum absolute atomic E-state index is 0.134. The average Bonchev–Trinajstić information content (AvgIpc) is 3.77. The molecule has 0 bridgehead atoms. The van der Waals surface area contributed by atoms with E-state index in [1.165, 1.54) is 36.6 Å². The molecule has 50 heavy (non-hydrogen) atoms. The van der Waals surface area contributed by atoms with E-state index in [4.69, 9.17) is 5.11 Å². The number of carbonyl (C=O) groups excluding carboxylic acids is 3.